The van der Waals surface area contributed by atoms with Gasteiger partial charge >= 0.3 is 5.97 Å². The van der Waals surface area contributed by atoms with Crippen LogP contribution in [0.5, 0.6) is 0 Å². The van der Waals surface area contributed by atoms with Crippen molar-refractivity contribution >= 4 is 11.9 Å². The SMILES string of the molecule is O=C(O)c1cnc(C(=O)NC2C3CC4CC(C3)CC2C4)cn1. The smallest absolute Gasteiger partial charge is 0.356 e. The Balaban J connectivity index is 1.47. The summed E-state index contributed by atoms with van der Waals surface area (Å²) < 4.78 is 0. The van der Waals surface area contributed by atoms with Crippen LogP contribution in [0.25, 0.3) is 0 Å². The Bertz CT molecular complexity index is 586. The van der Waals surface area contributed by atoms with Crippen molar-refractivity contribution in [2.45, 2.75) is 38.1 Å². The zero-order valence-corrected chi connectivity index (χ0v) is 12.2. The van der Waals surface area contributed by atoms with E-state index in [1.807, 2.05) is 0 Å². The third-order valence-electron chi connectivity index (χ3n) is 5.63. The molecule has 4 aliphatic carbocycles. The lowest BCUT2D eigenvalue weighted by Gasteiger charge is -2.54. The monoisotopic (exact) mass is 301 g/mol. The summed E-state index contributed by atoms with van der Waals surface area (Å²) in [6.07, 6.45) is 8.71. The minimum Gasteiger partial charge on any atom is -0.476 e. The van der Waals surface area contributed by atoms with Gasteiger partial charge in [0.1, 0.15) is 5.69 Å². The van der Waals surface area contributed by atoms with Crippen LogP contribution in [0.2, 0.25) is 0 Å². The number of hydrogen-bond donors (Lipinski definition) is 2. The summed E-state index contributed by atoms with van der Waals surface area (Å²) in [6, 6.07) is 0.251. The standard InChI is InChI=1S/C16H19N3O3/c20-15(12-6-18-13(7-17-12)16(21)22)19-14-10-2-8-1-9(4-10)5-11(14)3-8/h6-11,14H,1-5H2,(H,19,20)(H,21,22). The number of carbonyl (C=O) groups is 2. The number of carboxylic acids is 1. The first-order chi connectivity index (χ1) is 10.6. The van der Waals surface area contributed by atoms with Crippen molar-refractivity contribution in [3.63, 3.8) is 0 Å². The van der Waals surface area contributed by atoms with Gasteiger partial charge in [-0.15, -0.1) is 0 Å². The first kappa shape index (κ1) is 13.7. The fourth-order valence-electron chi connectivity index (χ4n) is 4.94. The second-order valence-corrected chi connectivity index (χ2v) is 7.02. The Hall–Kier alpha value is -1.98. The molecule has 0 saturated heterocycles. The Labute approximate surface area is 128 Å². The molecule has 4 bridgehead atoms. The van der Waals surface area contributed by atoms with Gasteiger partial charge in [-0.3, -0.25) is 4.79 Å². The highest BCUT2D eigenvalue weighted by molar-refractivity contribution is 5.93. The lowest BCUT2D eigenvalue weighted by molar-refractivity contribution is -0.0120. The van der Waals surface area contributed by atoms with Gasteiger partial charge < -0.3 is 10.4 Å². The predicted molar refractivity (Wildman–Crippen MR) is 77.3 cm³/mol. The molecule has 1 aromatic heterocycles. The largest absolute Gasteiger partial charge is 0.476 e. The summed E-state index contributed by atoms with van der Waals surface area (Å²) in [5.41, 5.74) is 0.0463. The Morgan fingerprint density at radius 1 is 0.955 bits per heavy atom. The van der Waals surface area contributed by atoms with E-state index in [1.165, 1.54) is 38.3 Å². The molecule has 5 rings (SSSR count). The number of hydrogen-bond acceptors (Lipinski definition) is 4. The molecule has 2 N–H and O–H groups in total. The van der Waals surface area contributed by atoms with Gasteiger partial charge in [0.25, 0.3) is 5.91 Å². The molecule has 4 aliphatic rings. The van der Waals surface area contributed by atoms with Crippen LogP contribution in [0.3, 0.4) is 0 Å². The van der Waals surface area contributed by atoms with Crippen LogP contribution in [0.15, 0.2) is 12.4 Å². The number of amides is 1. The van der Waals surface area contributed by atoms with Crippen LogP contribution in [0.1, 0.15) is 53.1 Å². The van der Waals surface area contributed by atoms with Gasteiger partial charge in [-0.25, -0.2) is 14.8 Å². The van der Waals surface area contributed by atoms with Crippen molar-refractivity contribution in [2.24, 2.45) is 23.7 Å². The zero-order valence-electron chi connectivity index (χ0n) is 12.2. The molecule has 0 atom stereocenters. The van der Waals surface area contributed by atoms with Crippen LogP contribution in [0.4, 0.5) is 0 Å². The van der Waals surface area contributed by atoms with E-state index in [2.05, 4.69) is 15.3 Å². The highest BCUT2D eigenvalue weighted by Crippen LogP contribution is 2.53. The number of nitrogens with zero attached hydrogens (tertiary/aromatic N) is 2. The minimum absolute atomic E-state index is 0.147. The van der Waals surface area contributed by atoms with Crippen LogP contribution in [-0.4, -0.2) is 33.0 Å². The maximum absolute atomic E-state index is 12.4. The fourth-order valence-corrected chi connectivity index (χ4v) is 4.94. The first-order valence-corrected chi connectivity index (χ1v) is 7.96. The molecule has 22 heavy (non-hydrogen) atoms. The number of carboxylic acid groups (broad SMARTS) is 1. The van der Waals surface area contributed by atoms with Gasteiger partial charge in [0.15, 0.2) is 5.69 Å². The number of rotatable bonds is 3. The Kier molecular flexibility index (Phi) is 3.13. The molecule has 0 unspecified atom stereocenters. The highest BCUT2D eigenvalue weighted by atomic mass is 16.4. The van der Waals surface area contributed by atoms with Gasteiger partial charge in [-0.2, -0.15) is 0 Å². The minimum atomic E-state index is -1.14. The second-order valence-electron chi connectivity index (χ2n) is 7.02. The molecule has 4 fully saturated rings. The molecule has 0 spiro atoms. The second kappa shape index (κ2) is 5.04. The van der Waals surface area contributed by atoms with E-state index in [9.17, 15) is 9.59 Å². The molecule has 1 aromatic rings. The quantitative estimate of drug-likeness (QED) is 0.887. The molecule has 0 aromatic carbocycles. The Morgan fingerprint density at radius 3 is 2.00 bits per heavy atom. The average Bonchev–Trinajstić information content (AvgIpc) is 2.50. The molecular weight excluding hydrogens is 282 g/mol. The number of aromatic carboxylic acids is 1. The molecule has 6 heteroatoms. The maximum atomic E-state index is 12.4. The van der Waals surface area contributed by atoms with Gasteiger partial charge in [-0.05, 0) is 55.8 Å². The first-order valence-electron chi connectivity index (χ1n) is 7.96. The van der Waals surface area contributed by atoms with E-state index in [1.54, 1.807) is 0 Å². The predicted octanol–water partition coefficient (Wildman–Crippen LogP) is 1.73. The molecule has 0 radical (unpaired) electrons. The van der Waals surface area contributed by atoms with Crippen molar-refractivity contribution in [2.75, 3.05) is 0 Å². The van der Waals surface area contributed by atoms with Gasteiger partial charge in [0.05, 0.1) is 12.4 Å². The van der Waals surface area contributed by atoms with E-state index in [0.717, 1.165) is 18.0 Å². The molecule has 4 saturated carbocycles. The summed E-state index contributed by atoms with van der Waals surface area (Å²) in [4.78, 5) is 30.8. The fraction of sp³-hybridized carbons (Fsp3) is 0.625. The van der Waals surface area contributed by atoms with Gasteiger partial charge in [0.2, 0.25) is 0 Å². The molecule has 1 heterocycles. The summed E-state index contributed by atoms with van der Waals surface area (Å²) in [5, 5.41) is 11.9. The van der Waals surface area contributed by atoms with Crippen molar-refractivity contribution in [3.05, 3.63) is 23.8 Å². The molecular formula is C16H19N3O3. The third kappa shape index (κ3) is 2.26. The van der Waals surface area contributed by atoms with Crippen LogP contribution >= 0.6 is 0 Å². The average molecular weight is 301 g/mol. The van der Waals surface area contributed by atoms with Crippen LogP contribution in [-0.2, 0) is 0 Å². The van der Waals surface area contributed by atoms with Gasteiger partial charge in [0, 0.05) is 6.04 Å². The van der Waals surface area contributed by atoms with Crippen LogP contribution in [0, 0.1) is 23.7 Å². The topological polar surface area (TPSA) is 92.2 Å². The summed E-state index contributed by atoms with van der Waals surface area (Å²) in [7, 11) is 0. The van der Waals surface area contributed by atoms with Crippen molar-refractivity contribution < 1.29 is 14.7 Å². The van der Waals surface area contributed by atoms with Crippen LogP contribution < -0.4 is 5.32 Å². The lowest BCUT2D eigenvalue weighted by atomic mass is 9.54. The number of carbonyl (C=O) groups excluding carboxylic acids is 1. The van der Waals surface area contributed by atoms with E-state index >= 15 is 0 Å². The van der Waals surface area contributed by atoms with E-state index in [0.29, 0.717) is 11.8 Å². The normalized spacial score (nSPS) is 35.4. The summed E-state index contributed by atoms with van der Waals surface area (Å²) in [6.45, 7) is 0. The Morgan fingerprint density at radius 2 is 1.50 bits per heavy atom. The lowest BCUT2D eigenvalue weighted by Crippen LogP contribution is -2.55. The van der Waals surface area contributed by atoms with Crippen molar-refractivity contribution in [1.82, 2.24) is 15.3 Å². The van der Waals surface area contributed by atoms with E-state index < -0.39 is 5.97 Å². The van der Waals surface area contributed by atoms with Gasteiger partial charge in [-0.1, -0.05) is 0 Å². The number of aromatic nitrogens is 2. The maximum Gasteiger partial charge on any atom is 0.356 e. The van der Waals surface area contributed by atoms with Crippen molar-refractivity contribution in [1.29, 1.82) is 0 Å². The number of nitrogens with one attached hydrogen (secondary N) is 1. The molecule has 6 nitrogen and oxygen atoms in total. The third-order valence-corrected chi connectivity index (χ3v) is 5.63. The molecule has 1 amide bonds. The van der Waals surface area contributed by atoms with E-state index in [4.69, 9.17) is 5.11 Å². The molecule has 0 aliphatic heterocycles. The summed E-state index contributed by atoms with van der Waals surface area (Å²) in [5.74, 6) is 1.57. The highest BCUT2D eigenvalue weighted by Gasteiger charge is 2.48. The van der Waals surface area contributed by atoms with E-state index in [-0.39, 0.29) is 23.3 Å². The molecule has 116 valence electrons. The zero-order chi connectivity index (χ0) is 15.3. The van der Waals surface area contributed by atoms with Crippen molar-refractivity contribution in [3.8, 4) is 0 Å². The summed E-state index contributed by atoms with van der Waals surface area (Å²) >= 11 is 0.